The second-order valence-corrected chi connectivity index (χ2v) is 7.14. The molecule has 0 aliphatic rings. The number of amides is 1. The first-order valence-electron chi connectivity index (χ1n) is 10.1. The van der Waals surface area contributed by atoms with E-state index >= 15 is 0 Å². The number of hydrogen-bond donors (Lipinski definition) is 1. The highest BCUT2D eigenvalue weighted by molar-refractivity contribution is 6.15. The van der Waals surface area contributed by atoms with Gasteiger partial charge in [0.1, 0.15) is 0 Å². The lowest BCUT2D eigenvalue weighted by atomic mass is 10.0. The van der Waals surface area contributed by atoms with Gasteiger partial charge in [0, 0.05) is 10.9 Å². The lowest BCUT2D eigenvalue weighted by Crippen LogP contribution is -2.17. The van der Waals surface area contributed by atoms with Crippen LogP contribution in [-0.4, -0.2) is 37.0 Å². The minimum absolute atomic E-state index is 0.111. The van der Waals surface area contributed by atoms with Crippen LogP contribution >= 0.6 is 0 Å². The Bertz CT molecular complexity index is 1370. The zero-order valence-electron chi connectivity index (χ0n) is 18.0. The Kier molecular flexibility index (Phi) is 6.13. The molecule has 0 aliphatic carbocycles. The van der Waals surface area contributed by atoms with Gasteiger partial charge < -0.3 is 14.8 Å². The zero-order chi connectivity index (χ0) is 23.4. The summed E-state index contributed by atoms with van der Waals surface area (Å²) in [5.41, 5.74) is 2.96. The van der Waals surface area contributed by atoms with Crippen LogP contribution < -0.4 is 5.32 Å². The fourth-order valence-corrected chi connectivity index (χ4v) is 3.49. The SMILES string of the molecule is COC(=O)c1ccc(C(=O)OC)c(NC(=O)c2cc(-c3ccccc3)nc3ccccc23)c1. The minimum Gasteiger partial charge on any atom is -0.465 e. The topological polar surface area (TPSA) is 94.6 Å². The van der Waals surface area contributed by atoms with Crippen molar-refractivity contribution in [2.45, 2.75) is 0 Å². The number of aromatic nitrogens is 1. The molecular formula is C26H20N2O5. The number of pyridine rings is 1. The fourth-order valence-electron chi connectivity index (χ4n) is 3.49. The third-order valence-electron chi connectivity index (χ3n) is 5.12. The van der Waals surface area contributed by atoms with E-state index in [1.165, 1.54) is 32.4 Å². The molecule has 1 N–H and O–H groups in total. The number of ether oxygens (including phenoxy) is 2. The molecule has 4 rings (SSSR count). The molecule has 0 fully saturated rings. The average Bonchev–Trinajstić information content (AvgIpc) is 2.87. The van der Waals surface area contributed by atoms with Crippen molar-refractivity contribution in [3.05, 3.63) is 95.6 Å². The van der Waals surface area contributed by atoms with Crippen molar-refractivity contribution < 1.29 is 23.9 Å². The smallest absolute Gasteiger partial charge is 0.339 e. The van der Waals surface area contributed by atoms with Crippen LogP contribution in [0.3, 0.4) is 0 Å². The number of esters is 2. The van der Waals surface area contributed by atoms with Crippen LogP contribution in [0.5, 0.6) is 0 Å². The van der Waals surface area contributed by atoms with Crippen LogP contribution in [0.4, 0.5) is 5.69 Å². The summed E-state index contributed by atoms with van der Waals surface area (Å²) in [6.45, 7) is 0. The number of carbonyl (C=O) groups excluding carboxylic acids is 3. The summed E-state index contributed by atoms with van der Waals surface area (Å²) >= 11 is 0. The van der Waals surface area contributed by atoms with E-state index < -0.39 is 17.8 Å². The van der Waals surface area contributed by atoms with E-state index in [0.717, 1.165) is 5.56 Å². The molecule has 0 saturated heterocycles. The Hall–Kier alpha value is -4.52. The average molecular weight is 440 g/mol. The number of fused-ring (bicyclic) bond motifs is 1. The van der Waals surface area contributed by atoms with E-state index in [2.05, 4.69) is 10.3 Å². The van der Waals surface area contributed by atoms with E-state index in [4.69, 9.17) is 9.47 Å². The number of benzene rings is 3. The summed E-state index contributed by atoms with van der Waals surface area (Å²) in [5.74, 6) is -1.70. The summed E-state index contributed by atoms with van der Waals surface area (Å²) < 4.78 is 9.58. The predicted octanol–water partition coefficient (Wildman–Crippen LogP) is 4.73. The van der Waals surface area contributed by atoms with E-state index in [0.29, 0.717) is 22.2 Å². The van der Waals surface area contributed by atoms with Gasteiger partial charge in [-0.1, -0.05) is 48.5 Å². The molecule has 0 spiro atoms. The number of carbonyl (C=O) groups is 3. The van der Waals surface area contributed by atoms with Gasteiger partial charge in [-0.25, -0.2) is 14.6 Å². The zero-order valence-corrected chi connectivity index (χ0v) is 18.0. The van der Waals surface area contributed by atoms with Crippen molar-refractivity contribution >= 4 is 34.4 Å². The highest BCUT2D eigenvalue weighted by atomic mass is 16.5. The van der Waals surface area contributed by atoms with Gasteiger partial charge >= 0.3 is 11.9 Å². The first kappa shape index (κ1) is 21.7. The number of para-hydroxylation sites is 1. The first-order chi connectivity index (χ1) is 16.0. The van der Waals surface area contributed by atoms with Crippen LogP contribution in [0.2, 0.25) is 0 Å². The molecule has 0 unspecified atom stereocenters. The molecule has 1 aromatic heterocycles. The molecule has 4 aromatic rings. The first-order valence-corrected chi connectivity index (χ1v) is 10.1. The normalized spacial score (nSPS) is 10.5. The summed E-state index contributed by atoms with van der Waals surface area (Å²) in [7, 11) is 2.49. The van der Waals surface area contributed by atoms with Crippen LogP contribution in [0.25, 0.3) is 22.2 Å². The van der Waals surface area contributed by atoms with Crippen molar-refractivity contribution in [1.82, 2.24) is 4.98 Å². The quantitative estimate of drug-likeness (QED) is 0.451. The number of anilines is 1. The summed E-state index contributed by atoms with van der Waals surface area (Å²) in [6, 6.07) is 22.8. The monoisotopic (exact) mass is 440 g/mol. The second kappa shape index (κ2) is 9.32. The lowest BCUT2D eigenvalue weighted by molar-refractivity contribution is 0.0587. The molecule has 0 atom stereocenters. The number of hydrogen-bond acceptors (Lipinski definition) is 6. The number of nitrogens with one attached hydrogen (secondary N) is 1. The van der Waals surface area contributed by atoms with Gasteiger partial charge in [-0.05, 0) is 30.3 Å². The maximum absolute atomic E-state index is 13.4. The van der Waals surface area contributed by atoms with E-state index in [1.807, 2.05) is 48.5 Å². The molecule has 1 heterocycles. The second-order valence-electron chi connectivity index (χ2n) is 7.14. The summed E-state index contributed by atoms with van der Waals surface area (Å²) in [5, 5.41) is 3.41. The van der Waals surface area contributed by atoms with Crippen molar-refractivity contribution in [2.24, 2.45) is 0 Å². The molecule has 7 nitrogen and oxygen atoms in total. The minimum atomic E-state index is -0.647. The standard InChI is InChI=1S/C26H20N2O5/c1-32-25(30)17-12-13-19(26(31)33-2)23(14-17)28-24(29)20-15-22(16-8-4-3-5-9-16)27-21-11-7-6-10-18(20)21/h3-15H,1-2H3,(H,28,29). The predicted molar refractivity (Wildman–Crippen MR) is 124 cm³/mol. The van der Waals surface area contributed by atoms with Gasteiger partial charge in [0.15, 0.2) is 0 Å². The molecule has 33 heavy (non-hydrogen) atoms. The maximum atomic E-state index is 13.4. The lowest BCUT2D eigenvalue weighted by Gasteiger charge is -2.13. The van der Waals surface area contributed by atoms with Gasteiger partial charge in [0.2, 0.25) is 0 Å². The molecule has 164 valence electrons. The largest absolute Gasteiger partial charge is 0.465 e. The molecule has 0 bridgehead atoms. The number of rotatable bonds is 5. The number of nitrogens with zero attached hydrogens (tertiary/aromatic N) is 1. The third kappa shape index (κ3) is 4.43. The van der Waals surface area contributed by atoms with Crippen molar-refractivity contribution in [1.29, 1.82) is 0 Å². The Labute approximate surface area is 190 Å². The molecule has 7 heteroatoms. The summed E-state index contributed by atoms with van der Waals surface area (Å²) in [6.07, 6.45) is 0. The Morgan fingerprint density at radius 2 is 1.45 bits per heavy atom. The van der Waals surface area contributed by atoms with Gasteiger partial charge in [-0.2, -0.15) is 0 Å². The van der Waals surface area contributed by atoms with Gasteiger partial charge in [-0.15, -0.1) is 0 Å². The van der Waals surface area contributed by atoms with Gasteiger partial charge in [-0.3, -0.25) is 4.79 Å². The fraction of sp³-hybridized carbons (Fsp3) is 0.0769. The molecule has 0 radical (unpaired) electrons. The molecule has 1 amide bonds. The Morgan fingerprint density at radius 1 is 0.758 bits per heavy atom. The third-order valence-corrected chi connectivity index (χ3v) is 5.12. The van der Waals surface area contributed by atoms with Crippen molar-refractivity contribution in [2.75, 3.05) is 19.5 Å². The van der Waals surface area contributed by atoms with Crippen molar-refractivity contribution in [3.8, 4) is 11.3 Å². The maximum Gasteiger partial charge on any atom is 0.339 e. The van der Waals surface area contributed by atoms with Gasteiger partial charge in [0.25, 0.3) is 5.91 Å². The van der Waals surface area contributed by atoms with Crippen LogP contribution in [0.1, 0.15) is 31.1 Å². The highest BCUT2D eigenvalue weighted by Gasteiger charge is 2.20. The molecule has 3 aromatic carbocycles. The van der Waals surface area contributed by atoms with Crippen LogP contribution in [-0.2, 0) is 9.47 Å². The highest BCUT2D eigenvalue weighted by Crippen LogP contribution is 2.27. The van der Waals surface area contributed by atoms with E-state index in [-0.39, 0.29) is 16.8 Å². The molecular weight excluding hydrogens is 420 g/mol. The molecule has 0 aliphatic heterocycles. The molecule has 0 saturated carbocycles. The van der Waals surface area contributed by atoms with E-state index in [1.54, 1.807) is 12.1 Å². The summed E-state index contributed by atoms with van der Waals surface area (Å²) in [4.78, 5) is 42.3. The van der Waals surface area contributed by atoms with Crippen LogP contribution in [0, 0.1) is 0 Å². The van der Waals surface area contributed by atoms with Gasteiger partial charge in [0.05, 0.1) is 47.8 Å². The Balaban J connectivity index is 1.81. The van der Waals surface area contributed by atoms with Crippen LogP contribution in [0.15, 0.2) is 78.9 Å². The van der Waals surface area contributed by atoms with Crippen molar-refractivity contribution in [3.63, 3.8) is 0 Å². The Morgan fingerprint density at radius 3 is 2.18 bits per heavy atom. The van der Waals surface area contributed by atoms with E-state index in [9.17, 15) is 14.4 Å². The number of methoxy groups -OCH3 is 2.